The Kier molecular flexibility index (Phi) is 3.06. The predicted octanol–water partition coefficient (Wildman–Crippen LogP) is 2.15. The summed E-state index contributed by atoms with van der Waals surface area (Å²) in [4.78, 5) is 25.4. The van der Waals surface area contributed by atoms with Gasteiger partial charge in [-0.25, -0.2) is 4.79 Å². The van der Waals surface area contributed by atoms with Gasteiger partial charge in [-0.3, -0.25) is 15.1 Å². The van der Waals surface area contributed by atoms with Crippen LogP contribution in [-0.2, 0) is 4.79 Å². The summed E-state index contributed by atoms with van der Waals surface area (Å²) in [6, 6.07) is 8.09. The second-order valence-corrected chi connectivity index (χ2v) is 4.41. The smallest absolute Gasteiger partial charge is 0.270 e. The molecule has 0 atom stereocenters. The Bertz CT molecular complexity index is 820. The van der Waals surface area contributed by atoms with E-state index in [0.717, 1.165) is 11.1 Å². The second kappa shape index (κ2) is 5.03. The Morgan fingerprint density at radius 1 is 1.24 bits per heavy atom. The molecule has 1 aliphatic rings. The van der Waals surface area contributed by atoms with E-state index in [9.17, 15) is 14.9 Å². The molecule has 0 saturated carbocycles. The summed E-state index contributed by atoms with van der Waals surface area (Å²) in [5.74, 6) is 1.82. The number of hydrogen-bond acceptors (Lipinski definition) is 5. The molecular formula is C15H9N3O3. The first-order valence-corrected chi connectivity index (χ1v) is 6.12. The third kappa shape index (κ3) is 2.20. The van der Waals surface area contributed by atoms with E-state index in [1.165, 1.54) is 12.1 Å². The number of carbonyl (C=O) groups excluding carboxylic acids is 1. The molecule has 0 spiro atoms. The summed E-state index contributed by atoms with van der Waals surface area (Å²) in [7, 11) is 0. The molecule has 0 bridgehead atoms. The van der Waals surface area contributed by atoms with Gasteiger partial charge in [0.2, 0.25) is 0 Å². The lowest BCUT2D eigenvalue weighted by Gasteiger charge is -2.19. The van der Waals surface area contributed by atoms with E-state index >= 15 is 0 Å². The van der Waals surface area contributed by atoms with Crippen molar-refractivity contribution in [3.05, 3.63) is 75.7 Å². The van der Waals surface area contributed by atoms with Gasteiger partial charge in [-0.1, -0.05) is 12.1 Å². The average Bonchev–Trinajstić information content (AvgIpc) is 2.54. The van der Waals surface area contributed by atoms with E-state index in [0.29, 0.717) is 16.8 Å². The summed E-state index contributed by atoms with van der Waals surface area (Å²) in [6.07, 6.45) is 4.81. The highest BCUT2D eigenvalue weighted by Gasteiger charge is 2.19. The van der Waals surface area contributed by atoms with Crippen molar-refractivity contribution in [2.75, 3.05) is 0 Å². The molecular weight excluding hydrogens is 270 g/mol. The number of hydrogen-bond donors (Lipinski definition) is 1. The molecule has 6 heteroatoms. The fraction of sp³-hybridized carbons (Fsp3) is 0. The lowest BCUT2D eigenvalue weighted by atomic mass is 9.92. The van der Waals surface area contributed by atoms with Crippen LogP contribution >= 0.6 is 0 Å². The SMILES string of the molecule is O=C=C1NC=C(c2cccc([N+](=O)[O-])c2)c2ccncc21. The first kappa shape index (κ1) is 12.8. The number of fused-ring (bicyclic) bond motifs is 1. The standard InChI is InChI=1S/C15H9N3O3/c19-9-15-14-7-16-5-4-12(14)13(8-17-15)10-2-1-3-11(6-10)18(20)21/h1-8,17H. The highest BCUT2D eigenvalue weighted by Crippen LogP contribution is 2.32. The lowest BCUT2D eigenvalue weighted by molar-refractivity contribution is -0.384. The Hall–Kier alpha value is -3.24. The highest BCUT2D eigenvalue weighted by molar-refractivity contribution is 5.97. The summed E-state index contributed by atoms with van der Waals surface area (Å²) in [5.41, 5.74) is 3.16. The number of pyridine rings is 1. The molecule has 1 N–H and O–H groups in total. The zero-order chi connectivity index (χ0) is 14.8. The number of nitro groups is 1. The molecule has 0 aliphatic carbocycles. The van der Waals surface area contributed by atoms with Crippen molar-refractivity contribution in [2.45, 2.75) is 0 Å². The van der Waals surface area contributed by atoms with Crippen molar-refractivity contribution >= 4 is 22.9 Å². The summed E-state index contributed by atoms with van der Waals surface area (Å²) in [6.45, 7) is 0. The maximum Gasteiger partial charge on any atom is 0.270 e. The molecule has 102 valence electrons. The first-order chi connectivity index (χ1) is 10.2. The number of aromatic nitrogens is 1. The van der Waals surface area contributed by atoms with E-state index in [1.807, 2.05) is 5.94 Å². The first-order valence-electron chi connectivity index (χ1n) is 6.12. The highest BCUT2D eigenvalue weighted by atomic mass is 16.6. The van der Waals surface area contributed by atoms with Crippen LogP contribution in [0.3, 0.4) is 0 Å². The summed E-state index contributed by atoms with van der Waals surface area (Å²) < 4.78 is 0. The number of non-ortho nitro benzene ring substituents is 1. The molecule has 6 nitrogen and oxygen atoms in total. The number of benzene rings is 1. The topological polar surface area (TPSA) is 85.1 Å². The Balaban J connectivity index is 2.16. The maximum atomic E-state index is 10.9. The normalized spacial score (nSPS) is 12.8. The van der Waals surface area contributed by atoms with E-state index in [1.54, 1.807) is 36.8 Å². The summed E-state index contributed by atoms with van der Waals surface area (Å²) in [5, 5.41) is 13.7. The molecule has 3 rings (SSSR count). The van der Waals surface area contributed by atoms with Crippen LogP contribution in [0.4, 0.5) is 5.69 Å². The monoisotopic (exact) mass is 279 g/mol. The van der Waals surface area contributed by atoms with E-state index in [2.05, 4.69) is 10.3 Å². The number of rotatable bonds is 2. The van der Waals surface area contributed by atoms with Crippen LogP contribution in [0.5, 0.6) is 0 Å². The fourth-order valence-electron chi connectivity index (χ4n) is 2.24. The minimum atomic E-state index is -0.440. The Morgan fingerprint density at radius 2 is 2.10 bits per heavy atom. The third-order valence-electron chi connectivity index (χ3n) is 3.21. The van der Waals surface area contributed by atoms with Gasteiger partial charge in [0.05, 0.1) is 4.92 Å². The van der Waals surface area contributed by atoms with Gasteiger partial charge in [-0.05, 0) is 17.2 Å². The van der Waals surface area contributed by atoms with Crippen LogP contribution in [0.15, 0.2) is 48.9 Å². The average molecular weight is 279 g/mol. The van der Waals surface area contributed by atoms with Crippen LogP contribution < -0.4 is 5.32 Å². The molecule has 0 radical (unpaired) electrons. The van der Waals surface area contributed by atoms with Crippen LogP contribution in [0.2, 0.25) is 0 Å². The van der Waals surface area contributed by atoms with Gasteiger partial charge in [0.1, 0.15) is 5.70 Å². The molecule has 21 heavy (non-hydrogen) atoms. The third-order valence-corrected chi connectivity index (χ3v) is 3.21. The van der Waals surface area contributed by atoms with Gasteiger partial charge in [0.25, 0.3) is 5.69 Å². The van der Waals surface area contributed by atoms with Crippen molar-refractivity contribution in [3.63, 3.8) is 0 Å². The molecule has 2 heterocycles. The predicted molar refractivity (Wildman–Crippen MR) is 76.6 cm³/mol. The van der Waals surface area contributed by atoms with Crippen molar-refractivity contribution in [1.29, 1.82) is 0 Å². The zero-order valence-corrected chi connectivity index (χ0v) is 10.7. The zero-order valence-electron chi connectivity index (χ0n) is 10.7. The number of nitro benzene ring substituents is 1. The van der Waals surface area contributed by atoms with E-state index in [4.69, 9.17) is 0 Å². The molecule has 0 saturated heterocycles. The fourth-order valence-corrected chi connectivity index (χ4v) is 2.24. The molecule has 1 aliphatic heterocycles. The minimum absolute atomic E-state index is 0.0146. The number of nitrogens with zero attached hydrogens (tertiary/aromatic N) is 2. The molecule has 0 unspecified atom stereocenters. The van der Waals surface area contributed by atoms with Gasteiger partial charge in [0, 0.05) is 41.9 Å². The largest absolute Gasteiger partial charge is 0.352 e. The summed E-state index contributed by atoms with van der Waals surface area (Å²) >= 11 is 0. The van der Waals surface area contributed by atoms with Crippen LogP contribution in [0.1, 0.15) is 16.7 Å². The van der Waals surface area contributed by atoms with Crippen LogP contribution in [-0.4, -0.2) is 15.8 Å². The molecule has 0 amide bonds. The quantitative estimate of drug-likeness (QED) is 0.517. The Labute approximate surface area is 119 Å². The van der Waals surface area contributed by atoms with Gasteiger partial charge < -0.3 is 5.32 Å². The number of nitrogens with one attached hydrogen (secondary N) is 1. The van der Waals surface area contributed by atoms with Gasteiger partial charge in [-0.2, -0.15) is 0 Å². The van der Waals surface area contributed by atoms with Gasteiger partial charge >= 0.3 is 0 Å². The maximum absolute atomic E-state index is 10.9. The lowest BCUT2D eigenvalue weighted by Crippen LogP contribution is -2.14. The van der Waals surface area contributed by atoms with Crippen molar-refractivity contribution in [1.82, 2.24) is 10.3 Å². The van der Waals surface area contributed by atoms with Gasteiger partial charge in [-0.15, -0.1) is 0 Å². The van der Waals surface area contributed by atoms with Crippen molar-refractivity contribution in [2.24, 2.45) is 0 Å². The van der Waals surface area contributed by atoms with Gasteiger partial charge in [0.15, 0.2) is 5.94 Å². The second-order valence-electron chi connectivity index (χ2n) is 4.41. The van der Waals surface area contributed by atoms with E-state index in [-0.39, 0.29) is 5.69 Å². The molecule has 1 aromatic heterocycles. The Morgan fingerprint density at radius 3 is 2.86 bits per heavy atom. The van der Waals surface area contributed by atoms with E-state index < -0.39 is 4.92 Å². The molecule has 2 aromatic rings. The van der Waals surface area contributed by atoms with Crippen molar-refractivity contribution in [3.8, 4) is 0 Å². The molecule has 0 fully saturated rings. The van der Waals surface area contributed by atoms with Crippen LogP contribution in [0, 0.1) is 10.1 Å². The minimum Gasteiger partial charge on any atom is -0.352 e. The van der Waals surface area contributed by atoms with Crippen molar-refractivity contribution < 1.29 is 9.72 Å². The molecule has 1 aromatic carbocycles. The van der Waals surface area contributed by atoms with Crippen LogP contribution in [0.25, 0.3) is 11.3 Å².